The van der Waals surface area contributed by atoms with Gasteiger partial charge in [0.1, 0.15) is 0 Å². The smallest absolute Gasteiger partial charge is 0.335 e. The van der Waals surface area contributed by atoms with Gasteiger partial charge in [0.25, 0.3) is 0 Å². The number of nitrogens with two attached hydrogens (primary N) is 1. The zero-order valence-electron chi connectivity index (χ0n) is 12.3. The Morgan fingerprint density at radius 1 is 0.909 bits per heavy atom. The molecule has 5 heteroatoms. The fraction of sp³-hybridized carbons (Fsp3) is 0.176. The van der Waals surface area contributed by atoms with E-state index in [1.807, 2.05) is 18.2 Å². The Labute approximate surface area is 129 Å². The van der Waals surface area contributed by atoms with Crippen molar-refractivity contribution in [3.63, 3.8) is 0 Å². The van der Waals surface area contributed by atoms with Crippen molar-refractivity contribution in [3.8, 4) is 0 Å². The first-order valence-corrected chi connectivity index (χ1v) is 6.77. The summed E-state index contributed by atoms with van der Waals surface area (Å²) in [6.07, 6.45) is 0.987. The van der Waals surface area contributed by atoms with Gasteiger partial charge in [-0.15, -0.1) is 0 Å². The Balaban J connectivity index is 0.000000235. The lowest BCUT2D eigenvalue weighted by atomic mass is 10.0. The molecular formula is C17H19NO4. The van der Waals surface area contributed by atoms with Crippen molar-refractivity contribution in [2.24, 2.45) is 5.73 Å². The van der Waals surface area contributed by atoms with Crippen LogP contribution in [0, 0.1) is 6.92 Å². The van der Waals surface area contributed by atoms with Gasteiger partial charge in [0.2, 0.25) is 0 Å². The maximum atomic E-state index is 10.6. The Morgan fingerprint density at radius 3 is 1.82 bits per heavy atom. The summed E-state index contributed by atoms with van der Waals surface area (Å²) in [7, 11) is 0. The molecule has 0 bridgehead atoms. The van der Waals surface area contributed by atoms with E-state index in [1.54, 1.807) is 0 Å². The minimum absolute atomic E-state index is 0.0277. The van der Waals surface area contributed by atoms with E-state index in [-0.39, 0.29) is 16.7 Å². The number of carboxylic acid groups (broad SMARTS) is 2. The van der Waals surface area contributed by atoms with E-state index in [2.05, 4.69) is 12.1 Å². The van der Waals surface area contributed by atoms with Crippen LogP contribution in [0.5, 0.6) is 0 Å². The lowest BCUT2D eigenvalue weighted by molar-refractivity contribution is 0.0696. The third kappa shape index (κ3) is 5.03. The number of hydrogen-bond donors (Lipinski definition) is 3. The van der Waals surface area contributed by atoms with Crippen LogP contribution in [0.1, 0.15) is 31.8 Å². The Morgan fingerprint density at radius 2 is 1.41 bits per heavy atom. The second-order valence-corrected chi connectivity index (χ2v) is 4.61. The fourth-order valence-corrected chi connectivity index (χ4v) is 1.91. The van der Waals surface area contributed by atoms with Gasteiger partial charge in [-0.3, -0.25) is 0 Å². The molecule has 0 heterocycles. The zero-order chi connectivity index (χ0) is 16.5. The summed E-state index contributed by atoms with van der Waals surface area (Å²) in [5, 5.41) is 17.4. The van der Waals surface area contributed by atoms with Crippen LogP contribution in [0.3, 0.4) is 0 Å². The van der Waals surface area contributed by atoms with Crippen molar-refractivity contribution >= 4 is 11.9 Å². The normalized spacial score (nSPS) is 9.55. The van der Waals surface area contributed by atoms with Gasteiger partial charge in [-0.2, -0.15) is 0 Å². The maximum absolute atomic E-state index is 10.6. The summed E-state index contributed by atoms with van der Waals surface area (Å²) in [6, 6.07) is 14.4. The molecule has 0 aliphatic rings. The third-order valence-electron chi connectivity index (χ3n) is 3.07. The van der Waals surface area contributed by atoms with Gasteiger partial charge in [0.15, 0.2) is 0 Å². The van der Waals surface area contributed by atoms with Gasteiger partial charge in [0, 0.05) is 0 Å². The Hall–Kier alpha value is -2.66. The first-order valence-electron chi connectivity index (χ1n) is 6.77. The lowest BCUT2D eigenvalue weighted by Crippen LogP contribution is -2.06. The molecule has 0 saturated carbocycles. The maximum Gasteiger partial charge on any atom is 0.335 e. The SMILES string of the molecule is Cc1c(C(=O)O)cccc1C(=O)O.NCCc1ccccc1. The van der Waals surface area contributed by atoms with Gasteiger partial charge in [-0.1, -0.05) is 36.4 Å². The predicted molar refractivity (Wildman–Crippen MR) is 84.3 cm³/mol. The second-order valence-electron chi connectivity index (χ2n) is 4.61. The average Bonchev–Trinajstić information content (AvgIpc) is 2.49. The molecule has 0 fully saturated rings. The predicted octanol–water partition coefficient (Wildman–Crippen LogP) is 2.58. The molecule has 0 aliphatic carbocycles. The van der Waals surface area contributed by atoms with E-state index in [9.17, 15) is 9.59 Å². The van der Waals surface area contributed by atoms with E-state index in [0.29, 0.717) is 0 Å². The molecule has 4 N–H and O–H groups in total. The zero-order valence-corrected chi connectivity index (χ0v) is 12.3. The molecule has 0 radical (unpaired) electrons. The van der Waals surface area contributed by atoms with Crippen molar-refractivity contribution in [1.29, 1.82) is 0 Å². The number of benzene rings is 2. The van der Waals surface area contributed by atoms with Gasteiger partial charge >= 0.3 is 11.9 Å². The van der Waals surface area contributed by atoms with E-state index in [1.165, 1.54) is 30.7 Å². The molecule has 0 unspecified atom stereocenters. The molecule has 2 aromatic rings. The number of aromatic carboxylic acids is 2. The fourth-order valence-electron chi connectivity index (χ4n) is 1.91. The summed E-state index contributed by atoms with van der Waals surface area (Å²) in [5.41, 5.74) is 7.02. The van der Waals surface area contributed by atoms with Gasteiger partial charge in [-0.05, 0) is 43.1 Å². The first kappa shape index (κ1) is 17.4. The summed E-state index contributed by atoms with van der Waals surface area (Å²) >= 11 is 0. The third-order valence-corrected chi connectivity index (χ3v) is 3.07. The molecule has 0 saturated heterocycles. The summed E-state index contributed by atoms with van der Waals surface area (Å²) in [6.45, 7) is 2.22. The van der Waals surface area contributed by atoms with Crippen molar-refractivity contribution in [1.82, 2.24) is 0 Å². The number of carboxylic acids is 2. The van der Waals surface area contributed by atoms with E-state index < -0.39 is 11.9 Å². The first-order chi connectivity index (χ1) is 10.5. The number of carbonyl (C=O) groups is 2. The number of rotatable bonds is 4. The van der Waals surface area contributed by atoms with Crippen LogP contribution >= 0.6 is 0 Å². The minimum Gasteiger partial charge on any atom is -0.478 e. The quantitative estimate of drug-likeness (QED) is 0.805. The lowest BCUT2D eigenvalue weighted by Gasteiger charge is -2.03. The highest BCUT2D eigenvalue weighted by molar-refractivity contribution is 5.96. The summed E-state index contributed by atoms with van der Waals surface area (Å²) in [5.74, 6) is -2.22. The van der Waals surface area contributed by atoms with Gasteiger partial charge in [-0.25, -0.2) is 9.59 Å². The van der Waals surface area contributed by atoms with Crippen molar-refractivity contribution in [3.05, 3.63) is 70.8 Å². The molecule has 0 spiro atoms. The molecule has 0 aromatic heterocycles. The molecule has 5 nitrogen and oxygen atoms in total. The minimum atomic E-state index is -1.11. The summed E-state index contributed by atoms with van der Waals surface area (Å²) in [4.78, 5) is 21.2. The van der Waals surface area contributed by atoms with E-state index in [0.717, 1.165) is 13.0 Å². The van der Waals surface area contributed by atoms with Crippen LogP contribution in [0.4, 0.5) is 0 Å². The molecule has 116 valence electrons. The highest BCUT2D eigenvalue weighted by Crippen LogP contribution is 2.13. The highest BCUT2D eigenvalue weighted by Gasteiger charge is 2.13. The molecule has 2 aromatic carbocycles. The molecule has 2 rings (SSSR count). The van der Waals surface area contributed by atoms with Crippen molar-refractivity contribution < 1.29 is 19.8 Å². The summed E-state index contributed by atoms with van der Waals surface area (Å²) < 4.78 is 0. The van der Waals surface area contributed by atoms with E-state index in [4.69, 9.17) is 15.9 Å². The monoisotopic (exact) mass is 301 g/mol. The second kappa shape index (κ2) is 8.59. The van der Waals surface area contributed by atoms with Crippen LogP contribution in [-0.4, -0.2) is 28.7 Å². The molecule has 0 amide bonds. The topological polar surface area (TPSA) is 101 Å². The van der Waals surface area contributed by atoms with Crippen LogP contribution in [0.2, 0.25) is 0 Å². The van der Waals surface area contributed by atoms with Crippen LogP contribution in [-0.2, 0) is 6.42 Å². The molecule has 0 atom stereocenters. The largest absolute Gasteiger partial charge is 0.478 e. The number of hydrogen-bond acceptors (Lipinski definition) is 3. The Bertz CT molecular complexity index is 606. The van der Waals surface area contributed by atoms with Crippen LogP contribution in [0.25, 0.3) is 0 Å². The molecular weight excluding hydrogens is 282 g/mol. The van der Waals surface area contributed by atoms with Crippen molar-refractivity contribution in [2.75, 3.05) is 6.54 Å². The molecule has 0 aliphatic heterocycles. The van der Waals surface area contributed by atoms with Crippen molar-refractivity contribution in [2.45, 2.75) is 13.3 Å². The van der Waals surface area contributed by atoms with E-state index >= 15 is 0 Å². The standard InChI is InChI=1S/C9H8O4.C8H11N/c1-5-6(8(10)11)3-2-4-7(5)9(12)13;9-7-6-8-4-2-1-3-5-8/h2-4H,1H3,(H,10,11)(H,12,13);1-5H,6-7,9H2. The molecule has 22 heavy (non-hydrogen) atoms. The van der Waals surface area contributed by atoms with Crippen LogP contribution < -0.4 is 5.73 Å². The highest BCUT2D eigenvalue weighted by atomic mass is 16.4. The average molecular weight is 301 g/mol. The Kier molecular flexibility index (Phi) is 6.79. The van der Waals surface area contributed by atoms with Crippen LogP contribution in [0.15, 0.2) is 48.5 Å². The van der Waals surface area contributed by atoms with Gasteiger partial charge in [0.05, 0.1) is 11.1 Å². The van der Waals surface area contributed by atoms with Gasteiger partial charge < -0.3 is 15.9 Å².